The summed E-state index contributed by atoms with van der Waals surface area (Å²) in [6.07, 6.45) is 24.9. The van der Waals surface area contributed by atoms with Crippen LogP contribution < -0.4 is 0 Å². The fourth-order valence-corrected chi connectivity index (χ4v) is 10.5. The van der Waals surface area contributed by atoms with Gasteiger partial charge < -0.3 is 9.64 Å². The van der Waals surface area contributed by atoms with Gasteiger partial charge in [0, 0.05) is 18.0 Å². The summed E-state index contributed by atoms with van der Waals surface area (Å²) in [5.41, 5.74) is 1.54. The summed E-state index contributed by atoms with van der Waals surface area (Å²) in [7, 11) is 3.90. The third kappa shape index (κ3) is 6.69. The SMILES string of the molecule is C#C[C@H](CCCC(C)C)[C@H]1CCC2C3CCC4C[C@@H](CCCOC(=O)C(=C)CN(C)C)CC[C@]4(C)C3CC[C@@]21C. The highest BCUT2D eigenvalue weighted by Gasteiger charge is 2.60. The molecule has 0 amide bonds. The molecule has 0 N–H and O–H groups in total. The average Bonchev–Trinajstić information content (AvgIpc) is 3.25. The number of carbonyl (C=O) groups is 1. The van der Waals surface area contributed by atoms with Crippen molar-refractivity contribution in [3.05, 3.63) is 12.2 Å². The minimum absolute atomic E-state index is 0.231. The molecule has 226 valence electrons. The molecule has 40 heavy (non-hydrogen) atoms. The summed E-state index contributed by atoms with van der Waals surface area (Å²) in [6, 6.07) is 0. The van der Waals surface area contributed by atoms with Crippen LogP contribution in [0.25, 0.3) is 0 Å². The number of ether oxygens (including phenoxy) is 1. The Morgan fingerprint density at radius 3 is 2.42 bits per heavy atom. The van der Waals surface area contributed by atoms with Gasteiger partial charge in [-0.05, 0) is 143 Å². The van der Waals surface area contributed by atoms with Crippen LogP contribution in [0.2, 0.25) is 0 Å². The van der Waals surface area contributed by atoms with Gasteiger partial charge in [0.05, 0.1) is 6.61 Å². The molecule has 0 aromatic carbocycles. The van der Waals surface area contributed by atoms with E-state index in [0.717, 1.165) is 47.8 Å². The molecule has 4 rings (SSSR count). The van der Waals surface area contributed by atoms with Gasteiger partial charge in [-0.25, -0.2) is 4.79 Å². The second-order valence-electron chi connectivity index (χ2n) is 15.7. The van der Waals surface area contributed by atoms with Crippen molar-refractivity contribution in [3.8, 4) is 12.3 Å². The van der Waals surface area contributed by atoms with Crippen LogP contribution in [0.5, 0.6) is 0 Å². The summed E-state index contributed by atoms with van der Waals surface area (Å²) < 4.78 is 5.53. The predicted octanol–water partition coefficient (Wildman–Crippen LogP) is 8.78. The van der Waals surface area contributed by atoms with Crippen molar-refractivity contribution in [1.82, 2.24) is 4.90 Å². The molecule has 4 unspecified atom stereocenters. The third-order valence-corrected chi connectivity index (χ3v) is 12.6. The Morgan fingerprint density at radius 1 is 1.00 bits per heavy atom. The number of fused-ring (bicyclic) bond motifs is 5. The van der Waals surface area contributed by atoms with Crippen LogP contribution in [-0.4, -0.2) is 38.1 Å². The molecule has 0 heterocycles. The van der Waals surface area contributed by atoms with Crippen molar-refractivity contribution in [2.75, 3.05) is 27.2 Å². The van der Waals surface area contributed by atoms with Gasteiger partial charge in [0.1, 0.15) is 0 Å². The van der Waals surface area contributed by atoms with E-state index in [9.17, 15) is 4.79 Å². The van der Waals surface area contributed by atoms with E-state index in [4.69, 9.17) is 11.2 Å². The highest BCUT2D eigenvalue weighted by Crippen LogP contribution is 2.68. The van der Waals surface area contributed by atoms with Crippen LogP contribution in [0.15, 0.2) is 12.2 Å². The first kappa shape index (κ1) is 31.7. The highest BCUT2D eigenvalue weighted by atomic mass is 16.5. The predicted molar refractivity (Wildman–Crippen MR) is 168 cm³/mol. The lowest BCUT2D eigenvalue weighted by Crippen LogP contribution is -2.53. The first-order valence-corrected chi connectivity index (χ1v) is 16.9. The molecule has 4 saturated carbocycles. The second-order valence-corrected chi connectivity index (χ2v) is 15.7. The van der Waals surface area contributed by atoms with Crippen LogP contribution in [0.3, 0.4) is 0 Å². The van der Waals surface area contributed by atoms with E-state index < -0.39 is 0 Å². The Kier molecular flexibility index (Phi) is 10.6. The Morgan fingerprint density at radius 2 is 1.73 bits per heavy atom. The quantitative estimate of drug-likeness (QED) is 0.105. The third-order valence-electron chi connectivity index (χ3n) is 12.6. The summed E-state index contributed by atoms with van der Waals surface area (Å²) >= 11 is 0. The van der Waals surface area contributed by atoms with Crippen molar-refractivity contribution in [2.45, 2.75) is 118 Å². The number of carbonyl (C=O) groups excluding carboxylic acids is 1. The van der Waals surface area contributed by atoms with E-state index in [1.165, 1.54) is 83.5 Å². The number of rotatable bonds is 12. The Balaban J connectivity index is 1.29. The number of likely N-dealkylation sites (N-methyl/N-ethyl adjacent to an activating group) is 1. The molecule has 0 bridgehead atoms. The van der Waals surface area contributed by atoms with Crippen LogP contribution >= 0.6 is 0 Å². The van der Waals surface area contributed by atoms with E-state index in [1.807, 2.05) is 19.0 Å². The molecule has 3 nitrogen and oxygen atoms in total. The number of terminal acetylenes is 1. The molecular formula is C37H61NO2. The fraction of sp³-hybridized carbons (Fsp3) is 0.865. The van der Waals surface area contributed by atoms with Crippen molar-refractivity contribution < 1.29 is 9.53 Å². The highest BCUT2D eigenvalue weighted by molar-refractivity contribution is 5.88. The normalized spacial score (nSPS) is 37.8. The second kappa shape index (κ2) is 13.4. The molecule has 9 atom stereocenters. The van der Waals surface area contributed by atoms with Crippen LogP contribution in [0, 0.1) is 70.5 Å². The van der Waals surface area contributed by atoms with Crippen molar-refractivity contribution in [2.24, 2.45) is 58.2 Å². The van der Waals surface area contributed by atoms with Crippen molar-refractivity contribution in [1.29, 1.82) is 0 Å². The molecule has 0 aromatic heterocycles. The summed E-state index contributed by atoms with van der Waals surface area (Å²) in [5, 5.41) is 0. The van der Waals surface area contributed by atoms with E-state index >= 15 is 0 Å². The zero-order valence-corrected chi connectivity index (χ0v) is 27.0. The summed E-state index contributed by atoms with van der Waals surface area (Å²) in [6.45, 7) is 15.0. The summed E-state index contributed by atoms with van der Waals surface area (Å²) in [4.78, 5) is 14.1. The maximum atomic E-state index is 12.2. The van der Waals surface area contributed by atoms with Crippen molar-refractivity contribution in [3.63, 3.8) is 0 Å². The van der Waals surface area contributed by atoms with Gasteiger partial charge in [-0.1, -0.05) is 47.1 Å². The first-order valence-electron chi connectivity index (χ1n) is 16.9. The maximum absolute atomic E-state index is 12.2. The fourth-order valence-electron chi connectivity index (χ4n) is 10.5. The van der Waals surface area contributed by atoms with Gasteiger partial charge in [0.2, 0.25) is 0 Å². The molecule has 4 fully saturated rings. The molecule has 0 spiro atoms. The topological polar surface area (TPSA) is 29.5 Å². The Hall–Kier alpha value is -1.27. The van der Waals surface area contributed by atoms with E-state index in [-0.39, 0.29) is 5.97 Å². The van der Waals surface area contributed by atoms with Gasteiger partial charge in [0.25, 0.3) is 0 Å². The van der Waals surface area contributed by atoms with Crippen LogP contribution in [-0.2, 0) is 9.53 Å². The lowest BCUT2D eigenvalue weighted by atomic mass is 9.44. The van der Waals surface area contributed by atoms with Gasteiger partial charge >= 0.3 is 5.97 Å². The number of hydrogen-bond donors (Lipinski definition) is 0. The molecule has 0 saturated heterocycles. The standard InChI is InChI=1S/C37H61NO2/c1-9-29(14-10-12-26(2)3)32-17-18-33-31-16-15-30-24-28(13-11-23-40-35(39)27(4)25-38(7)8)19-21-36(30,5)34(31)20-22-37(32,33)6/h1,26,28-34H,4,10-25H2,2-3,5-8H3/t28-,29+,30?,31?,32+,33?,34?,36-,37+/m0/s1. The molecule has 0 aliphatic heterocycles. The smallest absolute Gasteiger partial charge is 0.334 e. The Labute approximate surface area is 247 Å². The lowest BCUT2D eigenvalue weighted by Gasteiger charge is -2.61. The zero-order chi connectivity index (χ0) is 29.1. The number of hydrogen-bond acceptors (Lipinski definition) is 3. The molecule has 0 aromatic rings. The summed E-state index contributed by atoms with van der Waals surface area (Å²) in [5.74, 6) is 9.49. The number of nitrogens with zero attached hydrogens (tertiary/aromatic N) is 1. The van der Waals surface area contributed by atoms with E-state index in [1.54, 1.807) is 0 Å². The van der Waals surface area contributed by atoms with Gasteiger partial charge in [-0.15, -0.1) is 12.3 Å². The van der Waals surface area contributed by atoms with Gasteiger partial charge in [-0.2, -0.15) is 0 Å². The van der Waals surface area contributed by atoms with E-state index in [0.29, 0.717) is 35.5 Å². The lowest BCUT2D eigenvalue weighted by molar-refractivity contribution is -0.139. The molecule has 0 radical (unpaired) electrons. The van der Waals surface area contributed by atoms with Gasteiger partial charge in [0.15, 0.2) is 0 Å². The zero-order valence-electron chi connectivity index (χ0n) is 27.0. The average molecular weight is 552 g/mol. The Bertz CT molecular complexity index is 916. The van der Waals surface area contributed by atoms with Crippen LogP contribution in [0.4, 0.5) is 0 Å². The van der Waals surface area contributed by atoms with Gasteiger partial charge in [-0.3, -0.25) is 0 Å². The number of esters is 1. The largest absolute Gasteiger partial charge is 0.462 e. The molecule has 4 aliphatic carbocycles. The minimum Gasteiger partial charge on any atom is -0.462 e. The van der Waals surface area contributed by atoms with E-state index in [2.05, 4.69) is 40.2 Å². The molecule has 4 aliphatic rings. The van der Waals surface area contributed by atoms with Crippen molar-refractivity contribution >= 4 is 5.97 Å². The molecule has 3 heteroatoms. The molecular weight excluding hydrogens is 490 g/mol. The monoisotopic (exact) mass is 551 g/mol. The minimum atomic E-state index is -0.231. The van der Waals surface area contributed by atoms with Crippen LogP contribution in [0.1, 0.15) is 118 Å². The first-order chi connectivity index (χ1) is 19.0. The maximum Gasteiger partial charge on any atom is 0.334 e.